The number of amides is 7. The van der Waals surface area contributed by atoms with E-state index in [-0.39, 0.29) is 55.4 Å². The molecule has 474 valence electrons. The van der Waals surface area contributed by atoms with Crippen molar-refractivity contribution in [1.82, 2.24) is 36.0 Å². The van der Waals surface area contributed by atoms with Crippen LogP contribution in [0.15, 0.2) is 78.9 Å². The van der Waals surface area contributed by atoms with Gasteiger partial charge in [-0.05, 0) is 93.0 Å². The van der Waals surface area contributed by atoms with Gasteiger partial charge in [-0.2, -0.15) is 0 Å². The average molecular weight is 1210 g/mol. The number of likely N-dealkylation sites (N-methyl/N-ethyl adjacent to an activating group) is 2. The third-order valence-electron chi connectivity index (χ3n) is 16.2. The molecule has 1 unspecified atom stereocenters. The second-order valence-corrected chi connectivity index (χ2v) is 24.1. The van der Waals surface area contributed by atoms with Crippen LogP contribution in [-0.2, 0) is 59.0 Å². The van der Waals surface area contributed by atoms with E-state index in [2.05, 4.69) is 21.3 Å². The first kappa shape index (κ1) is 69.8. The molecule has 2 heterocycles. The number of Topliss-reactive ketones (excluding diaryl/α,β-unsaturated/α-hetero) is 1. The van der Waals surface area contributed by atoms with Gasteiger partial charge in [-0.25, -0.2) is 4.79 Å². The number of aliphatic hydroxyl groups is 1. The number of methoxy groups -OCH3 is 1. The van der Waals surface area contributed by atoms with Crippen molar-refractivity contribution >= 4 is 64.9 Å². The Morgan fingerprint density at radius 3 is 2.00 bits per heavy atom. The molecule has 0 aromatic heterocycles. The van der Waals surface area contributed by atoms with Crippen LogP contribution < -0.4 is 26.0 Å². The summed E-state index contributed by atoms with van der Waals surface area (Å²) in [5.74, 6) is -10.8. The highest BCUT2D eigenvalue weighted by molar-refractivity contribution is 6.09. The van der Waals surface area contributed by atoms with Crippen LogP contribution in [0.25, 0.3) is 0 Å². The predicted octanol–water partition coefficient (Wildman–Crippen LogP) is 4.61. The van der Waals surface area contributed by atoms with Gasteiger partial charge in [-0.15, -0.1) is 0 Å². The number of cyclic esters (lactones) is 2. The Bertz CT molecular complexity index is 2920. The molecule has 2 fully saturated rings. The highest BCUT2D eigenvalue weighted by atomic mass is 16.6. The number of ketones is 2. The number of carbonyl (C=O) groups excluding carboxylic acids is 11. The highest BCUT2D eigenvalue weighted by Crippen LogP contribution is 2.26. The maximum atomic E-state index is 15.1. The van der Waals surface area contributed by atoms with E-state index in [1.807, 2.05) is 13.8 Å². The quantitative estimate of drug-likeness (QED) is 0.0661. The fourth-order valence-electron chi connectivity index (χ4n) is 10.7. The number of rotatable bonds is 18. The predicted molar refractivity (Wildman–Crippen MR) is 322 cm³/mol. The van der Waals surface area contributed by atoms with E-state index < -0.39 is 144 Å². The van der Waals surface area contributed by atoms with Gasteiger partial charge in [-0.3, -0.25) is 47.9 Å². The van der Waals surface area contributed by atoms with Crippen molar-refractivity contribution in [3.05, 3.63) is 101 Å². The normalized spacial score (nSPS) is 23.9. The van der Waals surface area contributed by atoms with E-state index in [1.165, 1.54) is 69.1 Å². The number of benzene rings is 3. The van der Waals surface area contributed by atoms with Crippen molar-refractivity contribution in [3.8, 4) is 5.75 Å². The molecule has 2 aliphatic heterocycles. The van der Waals surface area contributed by atoms with Gasteiger partial charge in [0.15, 0.2) is 17.7 Å². The first-order valence-corrected chi connectivity index (χ1v) is 30.0. The van der Waals surface area contributed by atoms with Gasteiger partial charge in [0.1, 0.15) is 42.1 Å². The van der Waals surface area contributed by atoms with E-state index in [4.69, 9.17) is 14.2 Å². The fraction of sp³-hybridized carbons (Fsp3) is 0.554. The zero-order valence-corrected chi connectivity index (χ0v) is 52.5. The van der Waals surface area contributed by atoms with Crippen molar-refractivity contribution in [3.63, 3.8) is 0 Å². The number of fused-ring (bicyclic) bond motifs is 1. The monoisotopic (exact) mass is 1210 g/mol. The van der Waals surface area contributed by atoms with Crippen molar-refractivity contribution in [2.75, 3.05) is 34.3 Å². The molecule has 0 saturated carbocycles. The van der Waals surface area contributed by atoms with Gasteiger partial charge < -0.3 is 55.3 Å². The Balaban J connectivity index is 1.54. The lowest BCUT2D eigenvalue weighted by Gasteiger charge is -2.36. The van der Waals surface area contributed by atoms with E-state index in [0.717, 1.165) is 4.90 Å². The van der Waals surface area contributed by atoms with Crippen molar-refractivity contribution in [1.29, 1.82) is 0 Å². The minimum Gasteiger partial charge on any atom is -0.497 e. The molecule has 5 rings (SSSR count). The highest BCUT2D eigenvalue weighted by Gasteiger charge is 2.45. The van der Waals surface area contributed by atoms with E-state index >= 15 is 9.59 Å². The molecule has 0 radical (unpaired) electrons. The summed E-state index contributed by atoms with van der Waals surface area (Å²) in [5, 5.41) is 22.7. The number of hydrogen-bond donors (Lipinski definition) is 5. The molecule has 2 aliphatic rings. The maximum absolute atomic E-state index is 15.1. The molecule has 11 atom stereocenters. The van der Waals surface area contributed by atoms with Gasteiger partial charge in [-0.1, -0.05) is 116 Å². The summed E-state index contributed by atoms with van der Waals surface area (Å²) in [6.45, 7) is 16.2. The number of nitrogens with one attached hydrogen (secondary N) is 4. The molecule has 7 amide bonds. The second-order valence-electron chi connectivity index (χ2n) is 24.1. The van der Waals surface area contributed by atoms with Crippen molar-refractivity contribution in [2.24, 2.45) is 29.6 Å². The molecular formula is C65H89N7O15. The number of hydrogen-bond acceptors (Lipinski definition) is 15. The summed E-state index contributed by atoms with van der Waals surface area (Å²) in [4.78, 5) is 161. The SMILES string of the molecule is CC[C@H](C)[C@H]1NC(=O)[C@@H](NC(=O)[C@@H](CC(C)C)N(C)C(=O)CNC(=O)c2ccc(C(=O)c3ccccc3)cc2)[C@@H](C)OC(=O)[C@H](Cc2ccc(OC)cc2)N(C)C(=O)C2CCCN2C(=O)[C@H](CC(C)C)NC(=O)[C@@H](C)C(=O)[C@H](C(C)C)OC(=O)C[C@@H]1O. The fourth-order valence-corrected chi connectivity index (χ4v) is 10.7. The standard InChI is InChI=1S/C65H89N7O15/c1-14-39(8)54-51(73)34-53(75)87-58(38(6)7)56(76)40(9)59(78)67-47(31-36(2)3)63(82)72-30-18-21-48(72)64(83)71(12)50(33-42-22-28-46(85-13)29-23-42)65(84)86-41(10)55(62(81)68-54)69-61(80)49(32-37(4)5)70(11)52(74)35-66-60(79)45-26-24-44(25-27-45)57(77)43-19-16-15-17-20-43/h15-17,19-20,22-29,36-41,47-51,54-55,58,73H,14,18,21,30-35H2,1-13H3,(H,66,79)(H,67,78)(H,68,81)(H,69,80)/t39-,40-,41+,47-,48?,49+,50-,51-,54+,55-,58-/m0/s1. The number of carbonyl (C=O) groups is 11. The lowest BCUT2D eigenvalue weighted by atomic mass is 9.91. The molecule has 0 aliphatic carbocycles. The first-order valence-electron chi connectivity index (χ1n) is 30.0. The Hall–Kier alpha value is -8.01. The summed E-state index contributed by atoms with van der Waals surface area (Å²) >= 11 is 0. The molecule has 22 nitrogen and oxygen atoms in total. The molecule has 22 heteroatoms. The summed E-state index contributed by atoms with van der Waals surface area (Å²) in [7, 11) is 4.23. The largest absolute Gasteiger partial charge is 0.497 e. The number of ether oxygens (including phenoxy) is 3. The van der Waals surface area contributed by atoms with Crippen LogP contribution in [0, 0.1) is 29.6 Å². The molecule has 3 aromatic carbocycles. The zero-order valence-electron chi connectivity index (χ0n) is 52.5. The van der Waals surface area contributed by atoms with Gasteiger partial charge in [0.05, 0.1) is 38.1 Å². The van der Waals surface area contributed by atoms with Crippen LogP contribution in [0.3, 0.4) is 0 Å². The van der Waals surface area contributed by atoms with Gasteiger partial charge in [0.25, 0.3) is 5.91 Å². The summed E-state index contributed by atoms with van der Waals surface area (Å²) in [6, 6.07) is 13.2. The van der Waals surface area contributed by atoms with Gasteiger partial charge in [0.2, 0.25) is 35.4 Å². The Labute approximate surface area is 510 Å². The summed E-state index contributed by atoms with van der Waals surface area (Å²) in [6.07, 6.45) is -4.52. The molecule has 5 N–H and O–H groups in total. The number of nitrogens with zero attached hydrogens (tertiary/aromatic N) is 3. The lowest BCUT2D eigenvalue weighted by Crippen LogP contribution is -2.61. The molecule has 87 heavy (non-hydrogen) atoms. The Morgan fingerprint density at radius 2 is 1.41 bits per heavy atom. The number of esters is 2. The smallest absolute Gasteiger partial charge is 0.329 e. The summed E-state index contributed by atoms with van der Waals surface area (Å²) < 4.78 is 17.3. The lowest BCUT2D eigenvalue weighted by molar-refractivity contribution is -0.163. The van der Waals surface area contributed by atoms with Crippen LogP contribution in [-0.4, -0.2) is 174 Å². The minimum absolute atomic E-state index is 0.0381. The molecular weight excluding hydrogens is 1120 g/mol. The number of aliphatic hydroxyl groups excluding tert-OH is 1. The Kier molecular flexibility index (Phi) is 25.7. The van der Waals surface area contributed by atoms with Crippen LogP contribution >= 0.6 is 0 Å². The first-order chi connectivity index (χ1) is 41.1. The zero-order chi connectivity index (χ0) is 64.6. The minimum atomic E-state index is -1.79. The van der Waals surface area contributed by atoms with E-state index in [9.17, 15) is 48.3 Å². The van der Waals surface area contributed by atoms with Crippen LogP contribution in [0.2, 0.25) is 0 Å². The third-order valence-corrected chi connectivity index (χ3v) is 16.2. The van der Waals surface area contributed by atoms with Crippen LogP contribution in [0.5, 0.6) is 5.75 Å². The Morgan fingerprint density at radius 1 is 0.793 bits per heavy atom. The third kappa shape index (κ3) is 18.7. The van der Waals surface area contributed by atoms with Gasteiger partial charge in [0, 0.05) is 43.8 Å². The molecule has 2 saturated heterocycles. The molecule has 0 spiro atoms. The molecule has 3 aromatic rings. The second kappa shape index (κ2) is 32.1. The van der Waals surface area contributed by atoms with Crippen molar-refractivity contribution < 1.29 is 72.1 Å². The average Bonchev–Trinajstić information content (AvgIpc) is 3.00. The maximum Gasteiger partial charge on any atom is 0.329 e. The van der Waals surface area contributed by atoms with E-state index in [0.29, 0.717) is 35.3 Å². The van der Waals surface area contributed by atoms with Crippen LogP contribution in [0.4, 0.5) is 0 Å². The van der Waals surface area contributed by atoms with Crippen LogP contribution in [0.1, 0.15) is 140 Å². The summed E-state index contributed by atoms with van der Waals surface area (Å²) in [5.41, 5.74) is 1.53. The van der Waals surface area contributed by atoms with E-state index in [1.54, 1.807) is 96.1 Å². The topological polar surface area (TPSA) is 294 Å². The van der Waals surface area contributed by atoms with Crippen molar-refractivity contribution in [2.45, 2.75) is 169 Å². The van der Waals surface area contributed by atoms with Gasteiger partial charge >= 0.3 is 11.9 Å². The molecule has 0 bridgehead atoms.